The van der Waals surface area contributed by atoms with Gasteiger partial charge in [0.2, 0.25) is 5.89 Å². The number of hydrogen-bond donors (Lipinski definition) is 0. The Balaban J connectivity index is 1.43. The van der Waals surface area contributed by atoms with Gasteiger partial charge in [0.1, 0.15) is 5.76 Å². The second-order valence-electron chi connectivity index (χ2n) is 7.79. The molecule has 0 N–H and O–H groups in total. The average Bonchev–Trinajstić information content (AvgIpc) is 3.15. The van der Waals surface area contributed by atoms with Crippen LogP contribution in [0.25, 0.3) is 11.5 Å². The van der Waals surface area contributed by atoms with Gasteiger partial charge < -0.3 is 18.8 Å². The molecule has 6 nitrogen and oxygen atoms in total. The smallest absolute Gasteiger partial charge is 0.226 e. The van der Waals surface area contributed by atoms with Gasteiger partial charge in [-0.2, -0.15) is 0 Å². The summed E-state index contributed by atoms with van der Waals surface area (Å²) in [6.07, 6.45) is 0. The number of anilines is 1. The Kier molecular flexibility index (Phi) is 6.39. The van der Waals surface area contributed by atoms with Crippen molar-refractivity contribution in [3.63, 3.8) is 0 Å². The van der Waals surface area contributed by atoms with E-state index in [1.807, 2.05) is 31.2 Å². The van der Waals surface area contributed by atoms with Crippen LogP contribution in [0, 0.1) is 13.8 Å². The van der Waals surface area contributed by atoms with Crippen molar-refractivity contribution in [2.75, 3.05) is 45.3 Å². The number of piperazine rings is 1. The first kappa shape index (κ1) is 21.5. The molecule has 0 bridgehead atoms. The van der Waals surface area contributed by atoms with E-state index in [4.69, 9.17) is 30.5 Å². The molecule has 0 aliphatic carbocycles. The van der Waals surface area contributed by atoms with Crippen molar-refractivity contribution in [1.29, 1.82) is 0 Å². The van der Waals surface area contributed by atoms with Gasteiger partial charge in [-0.05, 0) is 49.7 Å². The van der Waals surface area contributed by atoms with Crippen molar-refractivity contribution in [3.05, 3.63) is 58.4 Å². The van der Waals surface area contributed by atoms with Gasteiger partial charge in [-0.15, -0.1) is 0 Å². The topological polar surface area (TPSA) is 51.0 Å². The normalized spacial score (nSPS) is 14.7. The van der Waals surface area contributed by atoms with E-state index in [1.165, 1.54) is 11.3 Å². The van der Waals surface area contributed by atoms with Gasteiger partial charge >= 0.3 is 0 Å². The van der Waals surface area contributed by atoms with Crippen LogP contribution >= 0.6 is 11.6 Å². The van der Waals surface area contributed by atoms with Crippen LogP contribution in [0.1, 0.15) is 17.0 Å². The SMILES string of the molecule is COc1ccc(-c2nc(CN3CCN(c4cc(Cl)ccc4C)CC3)c(C)o2)cc1OC. The molecular weight excluding hydrogens is 414 g/mol. The van der Waals surface area contributed by atoms with Gasteiger partial charge in [0.15, 0.2) is 11.5 Å². The van der Waals surface area contributed by atoms with Crippen molar-refractivity contribution in [1.82, 2.24) is 9.88 Å². The molecule has 3 aromatic rings. The highest BCUT2D eigenvalue weighted by Gasteiger charge is 2.21. The molecule has 0 spiro atoms. The summed E-state index contributed by atoms with van der Waals surface area (Å²) in [7, 11) is 3.25. The number of aromatic nitrogens is 1. The van der Waals surface area contributed by atoms with E-state index in [9.17, 15) is 0 Å². The van der Waals surface area contributed by atoms with Crippen LogP contribution in [0.15, 0.2) is 40.8 Å². The molecule has 0 radical (unpaired) electrons. The molecule has 1 aromatic heterocycles. The van der Waals surface area contributed by atoms with E-state index >= 15 is 0 Å². The molecule has 0 unspecified atom stereocenters. The lowest BCUT2D eigenvalue weighted by Gasteiger charge is -2.36. The van der Waals surface area contributed by atoms with Crippen LogP contribution in [0.4, 0.5) is 5.69 Å². The number of aryl methyl sites for hydroxylation is 2. The number of oxazole rings is 1. The predicted octanol–water partition coefficient (Wildman–Crippen LogP) is 4.95. The summed E-state index contributed by atoms with van der Waals surface area (Å²) in [5.74, 6) is 2.78. The largest absolute Gasteiger partial charge is 0.493 e. The summed E-state index contributed by atoms with van der Waals surface area (Å²) in [6.45, 7) is 8.71. The van der Waals surface area contributed by atoms with Crippen molar-refractivity contribution >= 4 is 17.3 Å². The summed E-state index contributed by atoms with van der Waals surface area (Å²) < 4.78 is 16.7. The number of nitrogens with zero attached hydrogens (tertiary/aromatic N) is 3. The molecule has 4 rings (SSSR count). The van der Waals surface area contributed by atoms with Gasteiger partial charge in [0.25, 0.3) is 0 Å². The van der Waals surface area contributed by atoms with Gasteiger partial charge in [-0.3, -0.25) is 4.90 Å². The second-order valence-corrected chi connectivity index (χ2v) is 8.22. The fourth-order valence-corrected chi connectivity index (χ4v) is 4.12. The van der Waals surface area contributed by atoms with Gasteiger partial charge in [0, 0.05) is 49.0 Å². The van der Waals surface area contributed by atoms with Crippen LogP contribution in [-0.2, 0) is 6.54 Å². The Morgan fingerprint density at radius 1 is 0.968 bits per heavy atom. The molecule has 31 heavy (non-hydrogen) atoms. The summed E-state index contributed by atoms with van der Waals surface area (Å²) in [5, 5.41) is 0.781. The highest BCUT2D eigenvalue weighted by Crippen LogP contribution is 2.33. The second kappa shape index (κ2) is 9.20. The van der Waals surface area contributed by atoms with E-state index in [2.05, 4.69) is 28.9 Å². The molecule has 1 saturated heterocycles. The fraction of sp³-hybridized carbons (Fsp3) is 0.375. The summed E-state index contributed by atoms with van der Waals surface area (Å²) in [4.78, 5) is 9.59. The number of hydrogen-bond acceptors (Lipinski definition) is 6. The molecule has 0 saturated carbocycles. The lowest BCUT2D eigenvalue weighted by atomic mass is 10.1. The Hall–Kier alpha value is -2.70. The maximum absolute atomic E-state index is 6.21. The molecule has 164 valence electrons. The minimum Gasteiger partial charge on any atom is -0.493 e. The third-order valence-corrected chi connectivity index (χ3v) is 6.02. The van der Waals surface area contributed by atoms with E-state index in [0.717, 1.165) is 54.8 Å². The lowest BCUT2D eigenvalue weighted by molar-refractivity contribution is 0.246. The Morgan fingerprint density at radius 2 is 1.71 bits per heavy atom. The van der Waals surface area contributed by atoms with Gasteiger partial charge in [-0.1, -0.05) is 17.7 Å². The minimum atomic E-state index is 0.599. The quantitative estimate of drug-likeness (QED) is 0.539. The first-order valence-corrected chi connectivity index (χ1v) is 10.8. The Labute approximate surface area is 188 Å². The molecule has 1 fully saturated rings. The third-order valence-electron chi connectivity index (χ3n) is 5.78. The zero-order chi connectivity index (χ0) is 22.0. The molecule has 1 aliphatic rings. The van der Waals surface area contributed by atoms with Crippen LogP contribution in [-0.4, -0.2) is 50.3 Å². The van der Waals surface area contributed by atoms with Crippen molar-refractivity contribution < 1.29 is 13.9 Å². The molecular formula is C24H28ClN3O3. The average molecular weight is 442 g/mol. The molecule has 0 amide bonds. The number of methoxy groups -OCH3 is 2. The van der Waals surface area contributed by atoms with Crippen LogP contribution in [0.2, 0.25) is 5.02 Å². The van der Waals surface area contributed by atoms with Crippen molar-refractivity contribution in [2.45, 2.75) is 20.4 Å². The number of benzene rings is 2. The number of ether oxygens (including phenoxy) is 2. The van der Waals surface area contributed by atoms with Gasteiger partial charge in [-0.25, -0.2) is 4.98 Å². The molecule has 2 heterocycles. The number of halogens is 1. The van der Waals surface area contributed by atoms with Gasteiger partial charge in [0.05, 0.1) is 19.9 Å². The zero-order valence-corrected chi connectivity index (χ0v) is 19.2. The Morgan fingerprint density at radius 3 is 2.42 bits per heavy atom. The van der Waals surface area contributed by atoms with Crippen LogP contribution in [0.3, 0.4) is 0 Å². The summed E-state index contributed by atoms with van der Waals surface area (Å²) >= 11 is 6.21. The van der Waals surface area contributed by atoms with E-state index in [0.29, 0.717) is 17.4 Å². The molecule has 0 atom stereocenters. The number of rotatable bonds is 6. The van der Waals surface area contributed by atoms with Crippen molar-refractivity contribution in [3.8, 4) is 23.0 Å². The van der Waals surface area contributed by atoms with E-state index < -0.39 is 0 Å². The van der Waals surface area contributed by atoms with E-state index in [-0.39, 0.29) is 0 Å². The molecule has 1 aliphatic heterocycles. The zero-order valence-electron chi connectivity index (χ0n) is 18.4. The van der Waals surface area contributed by atoms with Crippen molar-refractivity contribution in [2.24, 2.45) is 0 Å². The monoisotopic (exact) mass is 441 g/mol. The molecule has 7 heteroatoms. The highest BCUT2D eigenvalue weighted by molar-refractivity contribution is 6.30. The summed E-state index contributed by atoms with van der Waals surface area (Å²) in [5.41, 5.74) is 4.32. The third kappa shape index (κ3) is 4.65. The predicted molar refractivity (Wildman–Crippen MR) is 123 cm³/mol. The Bertz CT molecular complexity index is 1060. The lowest BCUT2D eigenvalue weighted by Crippen LogP contribution is -2.46. The maximum atomic E-state index is 6.21. The maximum Gasteiger partial charge on any atom is 0.226 e. The first-order chi connectivity index (χ1) is 15.0. The van der Waals surface area contributed by atoms with Crippen LogP contribution in [0.5, 0.6) is 11.5 Å². The fourth-order valence-electron chi connectivity index (χ4n) is 3.95. The first-order valence-electron chi connectivity index (χ1n) is 10.4. The minimum absolute atomic E-state index is 0.599. The van der Waals surface area contributed by atoms with E-state index in [1.54, 1.807) is 14.2 Å². The van der Waals surface area contributed by atoms with Crippen LogP contribution < -0.4 is 14.4 Å². The molecule has 2 aromatic carbocycles. The summed E-state index contributed by atoms with van der Waals surface area (Å²) in [6, 6.07) is 11.8. The highest BCUT2D eigenvalue weighted by atomic mass is 35.5. The standard InChI is InChI=1S/C24H28ClN3O3/c1-16-5-7-19(25)14-21(16)28-11-9-27(10-12-28)15-20-17(2)31-24(26-20)18-6-8-22(29-3)23(13-18)30-4/h5-8,13-14H,9-12,15H2,1-4H3.